The molecule has 4 heteroatoms. The summed E-state index contributed by atoms with van der Waals surface area (Å²) in [4.78, 5) is 4.60. The van der Waals surface area contributed by atoms with Gasteiger partial charge < -0.3 is 8.53 Å². The molecule has 0 atom stereocenters. The van der Waals surface area contributed by atoms with E-state index >= 15 is 0 Å². The predicted molar refractivity (Wildman–Crippen MR) is 110 cm³/mol. The maximum absolute atomic E-state index is 5.98. The van der Waals surface area contributed by atoms with Crippen LogP contribution in [0.3, 0.4) is 0 Å². The number of nitrogens with zero attached hydrogens (tertiary/aromatic N) is 1. The van der Waals surface area contributed by atoms with Gasteiger partial charge in [-0.25, -0.2) is 4.98 Å². The highest BCUT2D eigenvalue weighted by Crippen LogP contribution is 2.24. The number of pyridine rings is 1. The second kappa shape index (κ2) is 8.26. The van der Waals surface area contributed by atoms with E-state index in [9.17, 15) is 0 Å². The molecule has 131 valence electrons. The molecule has 0 fully saturated rings. The second-order valence-electron chi connectivity index (χ2n) is 6.27. The largest absolute Gasteiger partial charge is 0.645 e. The van der Waals surface area contributed by atoms with Gasteiger partial charge in [0.15, 0.2) is 0 Å². The minimum absolute atomic E-state index is 0.325. The van der Waals surface area contributed by atoms with Crippen molar-refractivity contribution in [1.29, 1.82) is 0 Å². The van der Waals surface area contributed by atoms with Crippen molar-refractivity contribution in [1.82, 2.24) is 4.98 Å². The molecule has 0 unspecified atom stereocenters. The molecule has 1 heterocycles. The summed E-state index contributed by atoms with van der Waals surface area (Å²) >= 11 is -0.325. The Hall–Kier alpha value is -2.80. The predicted octanol–water partition coefficient (Wildman–Crippen LogP) is 5.24. The smallest absolute Gasteiger partial charge is 0.567 e. The topological polar surface area (TPSA) is 31.4 Å². The SMILES string of the molecule is Cc1ccc2cccc([O][Al][CH2]Oc3ccc(-c4ccccc4)cc3)c2n1. The Morgan fingerprint density at radius 1 is 0.778 bits per heavy atom. The molecular weight excluding hydrogens is 349 g/mol. The van der Waals surface area contributed by atoms with Crippen molar-refractivity contribution >= 4 is 26.5 Å². The van der Waals surface area contributed by atoms with E-state index in [0.717, 1.165) is 28.1 Å². The quantitative estimate of drug-likeness (QED) is 0.344. The number of ether oxygens (including phenoxy) is 1. The number of hydrogen-bond donors (Lipinski definition) is 0. The van der Waals surface area contributed by atoms with Crippen LogP contribution in [0, 0.1) is 6.92 Å². The number of fused-ring (bicyclic) bond motifs is 1. The molecule has 0 N–H and O–H groups in total. The fraction of sp³-hybridized carbons (Fsp3) is 0.0870. The fourth-order valence-electron chi connectivity index (χ4n) is 2.94. The highest BCUT2D eigenvalue weighted by molar-refractivity contribution is 6.28. The lowest BCUT2D eigenvalue weighted by Gasteiger charge is -2.11. The van der Waals surface area contributed by atoms with Gasteiger partial charge in [-0.2, -0.15) is 0 Å². The molecule has 1 aromatic heterocycles. The molecular formula is C23H19AlNO2. The number of hydrogen-bond acceptors (Lipinski definition) is 3. The number of benzene rings is 3. The van der Waals surface area contributed by atoms with Gasteiger partial charge >= 0.3 is 15.6 Å². The van der Waals surface area contributed by atoms with Gasteiger partial charge in [0.1, 0.15) is 17.0 Å². The van der Waals surface area contributed by atoms with Crippen LogP contribution in [0.25, 0.3) is 22.0 Å². The van der Waals surface area contributed by atoms with Crippen molar-refractivity contribution < 1.29 is 8.53 Å². The lowest BCUT2D eigenvalue weighted by Crippen LogP contribution is -2.13. The highest BCUT2D eigenvalue weighted by atomic mass is 27.1. The van der Waals surface area contributed by atoms with Gasteiger partial charge in [-0.15, -0.1) is 0 Å². The molecule has 0 bridgehead atoms. The number of rotatable bonds is 6. The summed E-state index contributed by atoms with van der Waals surface area (Å²) in [6.45, 7) is 1.99. The lowest BCUT2D eigenvalue weighted by atomic mass is 10.1. The molecule has 0 amide bonds. The van der Waals surface area contributed by atoms with Crippen LogP contribution in [0.5, 0.6) is 11.5 Å². The summed E-state index contributed by atoms with van der Waals surface area (Å²) in [6, 6.07) is 28.6. The van der Waals surface area contributed by atoms with Gasteiger partial charge in [-0.05, 0) is 42.3 Å². The maximum Gasteiger partial charge on any atom is 0.567 e. The fourth-order valence-corrected chi connectivity index (χ4v) is 3.64. The number of aromatic nitrogens is 1. The zero-order valence-electron chi connectivity index (χ0n) is 15.1. The Labute approximate surface area is 165 Å². The maximum atomic E-state index is 5.98. The van der Waals surface area contributed by atoms with Crippen LogP contribution in [-0.4, -0.2) is 26.0 Å². The molecule has 0 aliphatic rings. The first-order valence-corrected chi connectivity index (χ1v) is 10.2. The lowest BCUT2D eigenvalue weighted by molar-refractivity contribution is 0.369. The van der Waals surface area contributed by atoms with Crippen LogP contribution < -0.4 is 8.53 Å². The highest BCUT2D eigenvalue weighted by Gasteiger charge is 2.06. The van der Waals surface area contributed by atoms with E-state index in [1.807, 2.05) is 55.5 Å². The van der Waals surface area contributed by atoms with Crippen LogP contribution in [0.4, 0.5) is 0 Å². The van der Waals surface area contributed by atoms with Crippen LogP contribution in [0.15, 0.2) is 84.9 Å². The van der Waals surface area contributed by atoms with Crippen molar-refractivity contribution in [3.8, 4) is 22.6 Å². The zero-order valence-corrected chi connectivity index (χ0v) is 16.3. The van der Waals surface area contributed by atoms with Gasteiger partial charge in [0.05, 0.1) is 5.47 Å². The van der Waals surface area contributed by atoms with Crippen molar-refractivity contribution in [3.05, 3.63) is 90.6 Å². The molecule has 4 rings (SSSR count). The van der Waals surface area contributed by atoms with Gasteiger partial charge in [-0.3, -0.25) is 0 Å². The monoisotopic (exact) mass is 368 g/mol. The van der Waals surface area contributed by atoms with E-state index in [1.54, 1.807) is 0 Å². The third-order valence-electron chi connectivity index (χ3n) is 4.31. The third kappa shape index (κ3) is 4.31. The van der Waals surface area contributed by atoms with Crippen LogP contribution in [-0.2, 0) is 0 Å². The van der Waals surface area contributed by atoms with Crippen molar-refractivity contribution in [2.24, 2.45) is 0 Å². The minimum atomic E-state index is -0.325. The zero-order chi connectivity index (χ0) is 18.5. The molecule has 4 aromatic rings. The molecule has 0 aliphatic carbocycles. The summed E-state index contributed by atoms with van der Waals surface area (Å²) in [6.07, 6.45) is 0. The first-order chi connectivity index (χ1) is 13.3. The molecule has 0 saturated carbocycles. The summed E-state index contributed by atoms with van der Waals surface area (Å²) in [7, 11) is 0. The van der Waals surface area contributed by atoms with E-state index in [1.165, 1.54) is 11.1 Å². The Kier molecular flexibility index (Phi) is 5.39. The molecule has 3 aromatic carbocycles. The van der Waals surface area contributed by atoms with E-state index in [0.29, 0.717) is 5.47 Å². The molecule has 1 radical (unpaired) electrons. The van der Waals surface area contributed by atoms with E-state index in [-0.39, 0.29) is 15.6 Å². The van der Waals surface area contributed by atoms with Crippen molar-refractivity contribution in [3.63, 3.8) is 0 Å². The first-order valence-electron chi connectivity index (χ1n) is 8.92. The summed E-state index contributed by atoms with van der Waals surface area (Å²) < 4.78 is 11.8. The van der Waals surface area contributed by atoms with Gasteiger partial charge in [0.25, 0.3) is 0 Å². The Balaban J connectivity index is 1.35. The Bertz CT molecular complexity index is 1030. The second-order valence-corrected chi connectivity index (χ2v) is 7.17. The van der Waals surface area contributed by atoms with Gasteiger partial charge in [0, 0.05) is 11.1 Å². The van der Waals surface area contributed by atoms with E-state index in [2.05, 4.69) is 41.4 Å². The summed E-state index contributed by atoms with van der Waals surface area (Å²) in [5, 5.41) is 1.09. The van der Waals surface area contributed by atoms with E-state index < -0.39 is 0 Å². The average molecular weight is 368 g/mol. The van der Waals surface area contributed by atoms with Crippen molar-refractivity contribution in [2.45, 2.75) is 6.92 Å². The average Bonchev–Trinajstić information content (AvgIpc) is 2.72. The number of aryl methyl sites for hydroxylation is 1. The molecule has 27 heavy (non-hydrogen) atoms. The van der Waals surface area contributed by atoms with Crippen LogP contribution in [0.1, 0.15) is 5.69 Å². The van der Waals surface area contributed by atoms with Crippen LogP contribution in [0.2, 0.25) is 0 Å². The number of para-hydroxylation sites is 1. The summed E-state index contributed by atoms with van der Waals surface area (Å²) in [5.41, 5.74) is 4.86. The normalized spacial score (nSPS) is 10.6. The standard InChI is InChI=1S/C13H11O.C10H9NO.Al/c1-14-13-9-7-12(8-10-13)11-5-3-2-4-6-11;1-7-5-6-8-3-2-4-9(12)10(8)11-7;/h2-10H,1H2;2-6,12H,1H3;/q;;+1/p-1. The van der Waals surface area contributed by atoms with Gasteiger partial charge in [0.2, 0.25) is 0 Å². The third-order valence-corrected chi connectivity index (χ3v) is 5.04. The van der Waals surface area contributed by atoms with Crippen LogP contribution >= 0.6 is 0 Å². The Morgan fingerprint density at radius 2 is 1.56 bits per heavy atom. The van der Waals surface area contributed by atoms with E-state index in [4.69, 9.17) is 8.53 Å². The molecule has 3 nitrogen and oxygen atoms in total. The summed E-state index contributed by atoms with van der Waals surface area (Å²) in [5.74, 6) is 1.69. The molecule has 0 saturated heterocycles. The first kappa shape index (κ1) is 17.6. The Morgan fingerprint density at radius 3 is 2.37 bits per heavy atom. The molecule has 0 aliphatic heterocycles. The molecule has 0 spiro atoms. The van der Waals surface area contributed by atoms with Gasteiger partial charge in [-0.1, -0.05) is 60.7 Å². The minimum Gasteiger partial charge on any atom is -0.645 e. The van der Waals surface area contributed by atoms with Crippen molar-refractivity contribution in [2.75, 3.05) is 5.47 Å².